The molecule has 0 aliphatic carbocycles. The molecule has 0 aromatic heterocycles. The monoisotopic (exact) mass is 422 g/mol. The van der Waals surface area contributed by atoms with Crippen molar-refractivity contribution in [2.75, 3.05) is 6.54 Å². The average Bonchev–Trinajstić information content (AvgIpc) is 3.03. The van der Waals surface area contributed by atoms with Crippen LogP contribution >= 0.6 is 15.9 Å². The number of nitrogens with zero attached hydrogens (tertiary/aromatic N) is 2. The van der Waals surface area contributed by atoms with Crippen molar-refractivity contribution in [2.24, 2.45) is 0 Å². The summed E-state index contributed by atoms with van der Waals surface area (Å²) in [5, 5.41) is 9.33. The zero-order valence-electron chi connectivity index (χ0n) is 13.3. The van der Waals surface area contributed by atoms with E-state index in [0.29, 0.717) is 23.9 Å². The molecule has 130 valence electrons. The Kier molecular flexibility index (Phi) is 5.23. The number of hydrogen-bond acceptors (Lipinski definition) is 3. The second kappa shape index (κ2) is 7.24. The Morgan fingerprint density at radius 2 is 2.04 bits per heavy atom. The van der Waals surface area contributed by atoms with Crippen molar-refractivity contribution in [3.05, 3.63) is 63.9 Å². The summed E-state index contributed by atoms with van der Waals surface area (Å²) < 4.78 is 41.5. The van der Waals surface area contributed by atoms with Crippen molar-refractivity contribution in [1.82, 2.24) is 4.31 Å². The molecule has 2 aromatic carbocycles. The number of hydrogen-bond donors (Lipinski definition) is 0. The molecule has 4 nitrogen and oxygen atoms in total. The van der Waals surface area contributed by atoms with Gasteiger partial charge in [-0.1, -0.05) is 18.2 Å². The van der Waals surface area contributed by atoms with E-state index in [1.165, 1.54) is 22.5 Å². The minimum Gasteiger partial charge on any atom is -0.207 e. The van der Waals surface area contributed by atoms with Crippen LogP contribution in [0.15, 0.2) is 51.8 Å². The lowest BCUT2D eigenvalue weighted by Crippen LogP contribution is -2.37. The van der Waals surface area contributed by atoms with Crippen LogP contribution in [0.3, 0.4) is 0 Å². The molecule has 0 N–H and O–H groups in total. The van der Waals surface area contributed by atoms with Gasteiger partial charge in [-0.2, -0.15) is 9.57 Å². The fourth-order valence-corrected chi connectivity index (χ4v) is 5.66. The Bertz CT molecular complexity index is 940. The molecule has 7 heteroatoms. The van der Waals surface area contributed by atoms with E-state index in [1.54, 1.807) is 24.3 Å². The Balaban J connectivity index is 1.94. The van der Waals surface area contributed by atoms with Gasteiger partial charge in [0.25, 0.3) is 0 Å². The summed E-state index contributed by atoms with van der Waals surface area (Å²) in [6, 6.07) is 12.7. The SMILES string of the molecule is N#Cc1c(Br)cccc1S(=O)(=O)N1CCCC1Cc1cccc(F)c1. The number of nitriles is 1. The van der Waals surface area contributed by atoms with Gasteiger partial charge in [0.15, 0.2) is 0 Å². The highest BCUT2D eigenvalue weighted by atomic mass is 79.9. The summed E-state index contributed by atoms with van der Waals surface area (Å²) >= 11 is 3.24. The minimum absolute atomic E-state index is 0.00974. The topological polar surface area (TPSA) is 61.2 Å². The number of benzene rings is 2. The first-order chi connectivity index (χ1) is 11.9. The molecule has 1 saturated heterocycles. The Hall–Kier alpha value is -1.75. The van der Waals surface area contributed by atoms with Crippen molar-refractivity contribution >= 4 is 26.0 Å². The van der Waals surface area contributed by atoms with Crippen LogP contribution in [0.1, 0.15) is 24.0 Å². The van der Waals surface area contributed by atoms with E-state index < -0.39 is 10.0 Å². The molecular weight excluding hydrogens is 407 g/mol. The van der Waals surface area contributed by atoms with Gasteiger partial charge in [-0.15, -0.1) is 0 Å². The summed E-state index contributed by atoms with van der Waals surface area (Å²) in [6.07, 6.45) is 1.91. The van der Waals surface area contributed by atoms with Gasteiger partial charge in [-0.25, -0.2) is 12.8 Å². The van der Waals surface area contributed by atoms with Crippen molar-refractivity contribution in [3.63, 3.8) is 0 Å². The number of rotatable bonds is 4. The third-order valence-electron chi connectivity index (χ3n) is 4.36. The molecule has 1 heterocycles. The van der Waals surface area contributed by atoms with E-state index in [-0.39, 0.29) is 22.3 Å². The normalized spacial score (nSPS) is 18.2. The predicted octanol–water partition coefficient (Wildman–Crippen LogP) is 3.86. The van der Waals surface area contributed by atoms with Crippen LogP contribution in [-0.2, 0) is 16.4 Å². The fourth-order valence-electron chi connectivity index (χ4n) is 3.22. The maximum Gasteiger partial charge on any atom is 0.244 e. The molecule has 0 bridgehead atoms. The van der Waals surface area contributed by atoms with Gasteiger partial charge in [0.1, 0.15) is 16.8 Å². The molecule has 1 fully saturated rings. The summed E-state index contributed by atoms with van der Waals surface area (Å²) in [7, 11) is -3.80. The van der Waals surface area contributed by atoms with Gasteiger partial charge in [0.05, 0.1) is 5.56 Å². The lowest BCUT2D eigenvalue weighted by Gasteiger charge is -2.25. The van der Waals surface area contributed by atoms with Gasteiger partial charge in [0, 0.05) is 17.1 Å². The average molecular weight is 423 g/mol. The van der Waals surface area contributed by atoms with Crippen LogP contribution in [-0.4, -0.2) is 25.3 Å². The van der Waals surface area contributed by atoms with E-state index >= 15 is 0 Å². The third-order valence-corrected chi connectivity index (χ3v) is 7.01. The van der Waals surface area contributed by atoms with Crippen LogP contribution in [0.2, 0.25) is 0 Å². The fraction of sp³-hybridized carbons (Fsp3) is 0.278. The lowest BCUT2D eigenvalue weighted by atomic mass is 10.0. The van der Waals surface area contributed by atoms with Gasteiger partial charge < -0.3 is 0 Å². The van der Waals surface area contributed by atoms with E-state index in [4.69, 9.17) is 0 Å². The zero-order chi connectivity index (χ0) is 18.0. The first-order valence-electron chi connectivity index (χ1n) is 7.88. The molecule has 0 spiro atoms. The molecule has 1 atom stereocenters. The molecule has 1 aliphatic rings. The summed E-state index contributed by atoms with van der Waals surface area (Å²) in [4.78, 5) is 0.00974. The van der Waals surface area contributed by atoms with Gasteiger partial charge in [-0.3, -0.25) is 0 Å². The molecule has 25 heavy (non-hydrogen) atoms. The van der Waals surface area contributed by atoms with Gasteiger partial charge in [-0.05, 0) is 65.0 Å². The highest BCUT2D eigenvalue weighted by molar-refractivity contribution is 9.10. The zero-order valence-corrected chi connectivity index (χ0v) is 15.7. The lowest BCUT2D eigenvalue weighted by molar-refractivity contribution is 0.385. The summed E-state index contributed by atoms with van der Waals surface area (Å²) in [6.45, 7) is 0.402. The summed E-state index contributed by atoms with van der Waals surface area (Å²) in [5.41, 5.74) is 0.876. The highest BCUT2D eigenvalue weighted by Gasteiger charge is 2.36. The van der Waals surface area contributed by atoms with E-state index in [9.17, 15) is 18.1 Å². The largest absolute Gasteiger partial charge is 0.244 e. The molecule has 0 saturated carbocycles. The van der Waals surface area contributed by atoms with Crippen LogP contribution in [0.5, 0.6) is 0 Å². The Morgan fingerprint density at radius 3 is 2.76 bits per heavy atom. The third kappa shape index (κ3) is 3.61. The molecule has 0 amide bonds. The van der Waals surface area contributed by atoms with Gasteiger partial charge in [0.2, 0.25) is 10.0 Å². The van der Waals surface area contributed by atoms with E-state index in [1.807, 2.05) is 6.07 Å². The predicted molar refractivity (Wildman–Crippen MR) is 95.9 cm³/mol. The maximum atomic E-state index is 13.4. The first-order valence-corrected chi connectivity index (χ1v) is 10.1. The van der Waals surface area contributed by atoms with Crippen molar-refractivity contribution in [2.45, 2.75) is 30.2 Å². The molecule has 1 unspecified atom stereocenters. The molecule has 2 aromatic rings. The van der Waals surface area contributed by atoms with Crippen molar-refractivity contribution in [1.29, 1.82) is 5.26 Å². The minimum atomic E-state index is -3.80. The number of halogens is 2. The van der Waals surface area contributed by atoms with E-state index in [2.05, 4.69) is 15.9 Å². The molecule has 0 radical (unpaired) electrons. The van der Waals surface area contributed by atoms with E-state index in [0.717, 1.165) is 12.0 Å². The Labute approximate surface area is 155 Å². The van der Waals surface area contributed by atoms with Crippen molar-refractivity contribution in [3.8, 4) is 6.07 Å². The molecule has 1 aliphatic heterocycles. The Morgan fingerprint density at radius 1 is 1.28 bits per heavy atom. The second-order valence-electron chi connectivity index (χ2n) is 5.97. The van der Waals surface area contributed by atoms with Gasteiger partial charge >= 0.3 is 0 Å². The van der Waals surface area contributed by atoms with Crippen LogP contribution in [0.4, 0.5) is 4.39 Å². The highest BCUT2D eigenvalue weighted by Crippen LogP contribution is 2.32. The van der Waals surface area contributed by atoms with Crippen molar-refractivity contribution < 1.29 is 12.8 Å². The number of sulfonamides is 1. The van der Waals surface area contributed by atoms with Crippen LogP contribution in [0.25, 0.3) is 0 Å². The van der Waals surface area contributed by atoms with Crippen LogP contribution < -0.4 is 0 Å². The molecule has 3 rings (SSSR count). The molecular formula is C18H16BrFN2O2S. The standard InChI is InChI=1S/C18H16BrFN2O2S/c19-17-7-2-8-18(16(17)12-21)25(23,24)22-9-3-6-15(22)11-13-4-1-5-14(20)10-13/h1-2,4-5,7-8,10,15H,3,6,9,11H2. The smallest absolute Gasteiger partial charge is 0.207 e. The maximum absolute atomic E-state index is 13.4. The summed E-state index contributed by atoms with van der Waals surface area (Å²) in [5.74, 6) is -0.330. The first kappa shape index (κ1) is 18.1. The van der Waals surface area contributed by atoms with Crippen LogP contribution in [0, 0.1) is 17.1 Å². The quantitative estimate of drug-likeness (QED) is 0.751. The second-order valence-corrected chi connectivity index (χ2v) is 8.68.